The second kappa shape index (κ2) is 4.62. The van der Waals surface area contributed by atoms with E-state index in [4.69, 9.17) is 5.11 Å². The molecule has 1 aromatic carbocycles. The highest BCUT2D eigenvalue weighted by molar-refractivity contribution is 5.95. The Morgan fingerprint density at radius 3 is 2.90 bits per heavy atom. The molecule has 1 atom stereocenters. The fraction of sp³-hybridized carbons (Fsp3) is 0.214. The number of aryl methyl sites for hydroxylation is 1. The lowest BCUT2D eigenvalue weighted by atomic mass is 9.85. The van der Waals surface area contributed by atoms with Crippen molar-refractivity contribution in [2.24, 2.45) is 0 Å². The molecule has 0 bridgehead atoms. The van der Waals surface area contributed by atoms with Gasteiger partial charge >= 0.3 is 5.97 Å². The van der Waals surface area contributed by atoms with Crippen molar-refractivity contribution >= 4 is 17.7 Å². The van der Waals surface area contributed by atoms with E-state index in [1.807, 2.05) is 6.92 Å². The van der Waals surface area contributed by atoms with Crippen molar-refractivity contribution in [2.45, 2.75) is 19.3 Å². The van der Waals surface area contributed by atoms with E-state index in [1.165, 1.54) is 12.1 Å². The number of rotatable bonds is 2. The smallest absolute Gasteiger partial charge is 0.339 e. The molecule has 1 aliphatic rings. The lowest BCUT2D eigenvalue weighted by Crippen LogP contribution is -2.23. The molecule has 7 heteroatoms. The van der Waals surface area contributed by atoms with Gasteiger partial charge in [0.05, 0.1) is 0 Å². The van der Waals surface area contributed by atoms with Gasteiger partial charge in [-0.15, -0.1) is 0 Å². The third-order valence-corrected chi connectivity index (χ3v) is 3.64. The van der Waals surface area contributed by atoms with Crippen LogP contribution in [0.5, 0.6) is 5.75 Å². The molecule has 2 aromatic rings. The molecular weight excluding hydrogens is 274 g/mol. The number of benzene rings is 1. The number of aromatic hydroxyl groups is 1. The Balaban J connectivity index is 2.12. The number of amides is 1. The fourth-order valence-corrected chi connectivity index (χ4v) is 2.66. The predicted molar refractivity (Wildman–Crippen MR) is 73.5 cm³/mol. The van der Waals surface area contributed by atoms with Gasteiger partial charge in [-0.25, -0.2) is 4.79 Å². The third kappa shape index (κ3) is 2.12. The number of phenols is 1. The Morgan fingerprint density at radius 2 is 2.19 bits per heavy atom. The van der Waals surface area contributed by atoms with Crippen molar-refractivity contribution in [1.82, 2.24) is 10.2 Å². The number of aromatic nitrogens is 2. The van der Waals surface area contributed by atoms with Crippen LogP contribution >= 0.6 is 0 Å². The van der Waals surface area contributed by atoms with Crippen LogP contribution in [0.4, 0.5) is 5.82 Å². The second-order valence-corrected chi connectivity index (χ2v) is 5.00. The van der Waals surface area contributed by atoms with Crippen molar-refractivity contribution in [1.29, 1.82) is 0 Å². The number of hydrogen-bond donors (Lipinski definition) is 4. The zero-order valence-electron chi connectivity index (χ0n) is 11.2. The van der Waals surface area contributed by atoms with Crippen LogP contribution < -0.4 is 5.32 Å². The molecule has 1 unspecified atom stereocenters. The fourth-order valence-electron chi connectivity index (χ4n) is 2.66. The third-order valence-electron chi connectivity index (χ3n) is 3.64. The van der Waals surface area contributed by atoms with Crippen LogP contribution in [-0.2, 0) is 4.79 Å². The number of H-pyrrole nitrogens is 1. The summed E-state index contributed by atoms with van der Waals surface area (Å²) >= 11 is 0. The Morgan fingerprint density at radius 1 is 1.43 bits per heavy atom. The van der Waals surface area contributed by atoms with Gasteiger partial charge < -0.3 is 15.5 Å². The summed E-state index contributed by atoms with van der Waals surface area (Å²) in [7, 11) is 0. The SMILES string of the molecule is Cc1[nH]nc2c1C(c1ccc(O)c(C(=O)O)c1)CC(=O)N2. The van der Waals surface area contributed by atoms with Gasteiger partial charge in [-0.05, 0) is 24.6 Å². The van der Waals surface area contributed by atoms with Crippen LogP contribution in [0.15, 0.2) is 18.2 Å². The summed E-state index contributed by atoms with van der Waals surface area (Å²) in [5, 5.41) is 28.2. The zero-order valence-corrected chi connectivity index (χ0v) is 11.2. The molecular formula is C14H13N3O4. The van der Waals surface area contributed by atoms with Gasteiger partial charge in [0.1, 0.15) is 11.3 Å². The molecule has 0 spiro atoms. The maximum Gasteiger partial charge on any atom is 0.339 e. The lowest BCUT2D eigenvalue weighted by Gasteiger charge is -2.23. The number of anilines is 1. The molecule has 4 N–H and O–H groups in total. The molecule has 0 radical (unpaired) electrons. The molecule has 2 heterocycles. The van der Waals surface area contributed by atoms with E-state index < -0.39 is 5.97 Å². The number of hydrogen-bond acceptors (Lipinski definition) is 4. The van der Waals surface area contributed by atoms with Crippen molar-refractivity contribution in [2.75, 3.05) is 5.32 Å². The number of carboxylic acids is 1. The number of carbonyl (C=O) groups excluding carboxylic acids is 1. The van der Waals surface area contributed by atoms with Crippen molar-refractivity contribution in [3.05, 3.63) is 40.6 Å². The summed E-state index contributed by atoms with van der Waals surface area (Å²) in [6.07, 6.45) is 0.206. The molecule has 108 valence electrons. The minimum Gasteiger partial charge on any atom is -0.507 e. The van der Waals surface area contributed by atoms with Crippen LogP contribution in [-0.4, -0.2) is 32.3 Å². The normalized spacial score (nSPS) is 17.2. The van der Waals surface area contributed by atoms with E-state index in [2.05, 4.69) is 15.5 Å². The first-order valence-corrected chi connectivity index (χ1v) is 6.38. The monoisotopic (exact) mass is 287 g/mol. The summed E-state index contributed by atoms with van der Waals surface area (Å²) in [5.74, 6) is -1.50. The summed E-state index contributed by atoms with van der Waals surface area (Å²) < 4.78 is 0. The lowest BCUT2D eigenvalue weighted by molar-refractivity contribution is -0.116. The average Bonchev–Trinajstić information content (AvgIpc) is 2.79. The van der Waals surface area contributed by atoms with Gasteiger partial charge in [-0.3, -0.25) is 9.89 Å². The molecule has 3 rings (SSSR count). The van der Waals surface area contributed by atoms with Crippen LogP contribution in [0.3, 0.4) is 0 Å². The average molecular weight is 287 g/mol. The minimum atomic E-state index is -1.21. The Kier molecular flexibility index (Phi) is 2.90. The van der Waals surface area contributed by atoms with Gasteiger partial charge in [0.25, 0.3) is 0 Å². The summed E-state index contributed by atoms with van der Waals surface area (Å²) in [6.45, 7) is 1.84. The Labute approximate surface area is 119 Å². The van der Waals surface area contributed by atoms with Crippen LogP contribution in [0.25, 0.3) is 0 Å². The minimum absolute atomic E-state index is 0.177. The van der Waals surface area contributed by atoms with Crippen molar-refractivity contribution in [3.8, 4) is 5.75 Å². The molecule has 7 nitrogen and oxygen atoms in total. The molecule has 0 saturated carbocycles. The maximum atomic E-state index is 11.8. The van der Waals surface area contributed by atoms with E-state index >= 15 is 0 Å². The molecule has 0 fully saturated rings. The number of nitrogens with one attached hydrogen (secondary N) is 2. The first kappa shape index (κ1) is 13.2. The molecule has 21 heavy (non-hydrogen) atoms. The quantitative estimate of drug-likeness (QED) is 0.669. The number of carbonyl (C=O) groups is 2. The summed E-state index contributed by atoms with van der Waals surface area (Å²) in [5.41, 5.74) is 2.14. The first-order valence-electron chi connectivity index (χ1n) is 6.38. The Bertz CT molecular complexity index is 751. The number of carboxylic acid groups (broad SMARTS) is 1. The van der Waals surface area contributed by atoms with Crippen molar-refractivity contribution in [3.63, 3.8) is 0 Å². The van der Waals surface area contributed by atoms with Gasteiger partial charge in [0.15, 0.2) is 5.82 Å². The van der Waals surface area contributed by atoms with Gasteiger partial charge in [0.2, 0.25) is 5.91 Å². The number of nitrogens with zero attached hydrogens (tertiary/aromatic N) is 1. The van der Waals surface area contributed by atoms with Gasteiger partial charge in [0, 0.05) is 23.6 Å². The molecule has 0 aliphatic carbocycles. The van der Waals surface area contributed by atoms with E-state index in [0.29, 0.717) is 11.4 Å². The van der Waals surface area contributed by atoms with E-state index in [1.54, 1.807) is 6.07 Å². The zero-order chi connectivity index (χ0) is 15.1. The van der Waals surface area contributed by atoms with Crippen molar-refractivity contribution < 1.29 is 19.8 Å². The largest absolute Gasteiger partial charge is 0.507 e. The summed E-state index contributed by atoms with van der Waals surface area (Å²) in [4.78, 5) is 22.9. The summed E-state index contributed by atoms with van der Waals surface area (Å²) in [6, 6.07) is 4.36. The topological polar surface area (TPSA) is 115 Å². The first-order chi connectivity index (χ1) is 9.97. The van der Waals surface area contributed by atoms with E-state index in [9.17, 15) is 14.7 Å². The maximum absolute atomic E-state index is 11.8. The standard InChI is InChI=1S/C14H13N3O4/c1-6-12-8(5-11(19)15-13(12)17-16-6)7-2-3-10(18)9(4-7)14(20)21/h2-4,8,18H,5H2,1H3,(H,20,21)(H2,15,16,17,19). The Hall–Kier alpha value is -2.83. The molecule has 1 amide bonds. The van der Waals surface area contributed by atoms with E-state index in [-0.39, 0.29) is 29.6 Å². The second-order valence-electron chi connectivity index (χ2n) is 5.00. The highest BCUT2D eigenvalue weighted by atomic mass is 16.4. The number of aromatic carboxylic acids is 1. The molecule has 1 aliphatic heterocycles. The van der Waals surface area contributed by atoms with Crippen LogP contribution in [0.2, 0.25) is 0 Å². The van der Waals surface area contributed by atoms with E-state index in [0.717, 1.165) is 11.3 Å². The van der Waals surface area contributed by atoms with Crippen LogP contribution in [0, 0.1) is 6.92 Å². The number of fused-ring (bicyclic) bond motifs is 1. The molecule has 1 aromatic heterocycles. The highest BCUT2D eigenvalue weighted by Crippen LogP contribution is 2.38. The van der Waals surface area contributed by atoms with Gasteiger partial charge in [-0.2, -0.15) is 5.10 Å². The van der Waals surface area contributed by atoms with Gasteiger partial charge in [-0.1, -0.05) is 6.07 Å². The predicted octanol–water partition coefficient (Wildman–Crippen LogP) is 1.60. The van der Waals surface area contributed by atoms with Crippen LogP contribution in [0.1, 0.15) is 39.5 Å². The highest BCUT2D eigenvalue weighted by Gasteiger charge is 2.31. The number of aromatic amines is 1. The molecule has 0 saturated heterocycles.